The first-order valence-electron chi connectivity index (χ1n) is 20.3. The van der Waals surface area contributed by atoms with Crippen LogP contribution in [0.1, 0.15) is 202 Å². The van der Waals surface area contributed by atoms with Gasteiger partial charge in [-0.05, 0) is 85.7 Å². The van der Waals surface area contributed by atoms with Gasteiger partial charge in [0.2, 0.25) is 0 Å². The fraction of sp³-hybridized carbons (Fsp3) is 0.951. The number of ether oxygens (including phenoxy) is 2. The third-order valence-electron chi connectivity index (χ3n) is 9.75. The summed E-state index contributed by atoms with van der Waals surface area (Å²) in [5.74, 6) is -0.0816. The van der Waals surface area contributed by atoms with Crippen LogP contribution in [0.5, 0.6) is 0 Å². The molecule has 0 saturated heterocycles. The largest absolute Gasteiger partial charge is 0.465 e. The highest BCUT2D eigenvalue weighted by molar-refractivity contribution is 5.76. The van der Waals surface area contributed by atoms with E-state index in [4.69, 9.17) is 9.47 Å². The number of hydrogen-bond donors (Lipinski definition) is 1. The zero-order chi connectivity index (χ0) is 35.1. The van der Waals surface area contributed by atoms with Crippen molar-refractivity contribution in [3.8, 4) is 0 Å². The smallest absolute Gasteiger partial charge is 0.311 e. The molecule has 6 nitrogen and oxygen atoms in total. The Morgan fingerprint density at radius 3 is 1.17 bits per heavy atom. The van der Waals surface area contributed by atoms with Gasteiger partial charge in [0.05, 0.1) is 24.0 Å². The van der Waals surface area contributed by atoms with Crippen molar-refractivity contribution in [1.82, 2.24) is 4.90 Å². The van der Waals surface area contributed by atoms with Gasteiger partial charge < -0.3 is 19.5 Å². The van der Waals surface area contributed by atoms with E-state index in [2.05, 4.69) is 18.7 Å². The van der Waals surface area contributed by atoms with E-state index in [1.54, 1.807) is 0 Å². The fourth-order valence-corrected chi connectivity index (χ4v) is 6.18. The molecule has 0 rings (SSSR count). The molecule has 0 bridgehead atoms. The summed E-state index contributed by atoms with van der Waals surface area (Å²) in [6, 6.07) is 0. The van der Waals surface area contributed by atoms with Crippen LogP contribution < -0.4 is 0 Å². The van der Waals surface area contributed by atoms with Crippen molar-refractivity contribution in [3.05, 3.63) is 0 Å². The van der Waals surface area contributed by atoms with Crippen LogP contribution >= 0.6 is 0 Å². The Bertz CT molecular complexity index is 667. The molecule has 0 atom stereocenters. The lowest BCUT2D eigenvalue weighted by atomic mass is 9.87. The molecule has 0 aromatic rings. The highest BCUT2D eigenvalue weighted by Gasteiger charge is 2.29. The van der Waals surface area contributed by atoms with E-state index in [0.717, 1.165) is 103 Å². The first-order valence-corrected chi connectivity index (χ1v) is 20.3. The summed E-state index contributed by atoms with van der Waals surface area (Å²) in [5.41, 5.74) is -0.811. The Morgan fingerprint density at radius 2 is 0.787 bits per heavy atom. The Balaban J connectivity index is 4.04. The van der Waals surface area contributed by atoms with E-state index in [-0.39, 0.29) is 18.5 Å². The van der Waals surface area contributed by atoms with Gasteiger partial charge in [-0.15, -0.1) is 0 Å². The monoisotopic (exact) mass is 668 g/mol. The molecule has 0 aromatic carbocycles. The van der Waals surface area contributed by atoms with E-state index in [9.17, 15) is 14.7 Å². The molecular formula is C41H81NO5. The summed E-state index contributed by atoms with van der Waals surface area (Å²) in [4.78, 5) is 27.7. The summed E-state index contributed by atoms with van der Waals surface area (Å²) >= 11 is 0. The second kappa shape index (κ2) is 30.9. The average molecular weight is 668 g/mol. The summed E-state index contributed by atoms with van der Waals surface area (Å²) in [7, 11) is 0. The molecule has 280 valence electrons. The lowest BCUT2D eigenvalue weighted by molar-refractivity contribution is -0.155. The quantitative estimate of drug-likeness (QED) is 0.0535. The van der Waals surface area contributed by atoms with Crippen LogP contribution in [-0.4, -0.2) is 61.4 Å². The standard InChI is InChI=1S/C41H81NO5/c1-7-9-11-13-15-21-27-36-46-38(44)40(3,4)30-23-17-19-25-32-42(34-29-35-43)33-26-20-18-24-31-41(5,6)39(45)47-37-28-22-16-14-12-10-8-2/h43H,7-37H2,1-6H3. The number of nitrogens with zero attached hydrogens (tertiary/aromatic N) is 1. The predicted octanol–water partition coefficient (Wildman–Crippen LogP) is 11.2. The lowest BCUT2D eigenvalue weighted by Gasteiger charge is -2.24. The SMILES string of the molecule is CCCCCCCCCOC(=O)C(C)(C)CCCCCCN(CCCO)CCCCCCC(C)(C)C(=O)OCCCCCCCCC. The second-order valence-electron chi connectivity index (χ2n) is 15.5. The molecule has 0 aliphatic rings. The highest BCUT2D eigenvalue weighted by Crippen LogP contribution is 2.27. The van der Waals surface area contributed by atoms with Gasteiger partial charge in [0.15, 0.2) is 0 Å². The number of esters is 2. The van der Waals surface area contributed by atoms with Crippen molar-refractivity contribution >= 4 is 11.9 Å². The van der Waals surface area contributed by atoms with Crippen LogP contribution in [-0.2, 0) is 19.1 Å². The van der Waals surface area contributed by atoms with Crippen LogP contribution in [0.3, 0.4) is 0 Å². The molecule has 0 aromatic heterocycles. The average Bonchev–Trinajstić information content (AvgIpc) is 3.04. The molecule has 0 aliphatic carbocycles. The van der Waals surface area contributed by atoms with Gasteiger partial charge >= 0.3 is 11.9 Å². The first kappa shape index (κ1) is 45.9. The number of unbranched alkanes of at least 4 members (excludes halogenated alkanes) is 18. The molecule has 0 heterocycles. The van der Waals surface area contributed by atoms with Crippen LogP contribution in [0.15, 0.2) is 0 Å². The number of aliphatic hydroxyl groups is 1. The maximum Gasteiger partial charge on any atom is 0.311 e. The molecule has 0 saturated carbocycles. The Kier molecular flexibility index (Phi) is 30.1. The Labute approximate surface area is 292 Å². The first-order chi connectivity index (χ1) is 22.6. The van der Waals surface area contributed by atoms with Gasteiger partial charge in [0.25, 0.3) is 0 Å². The summed E-state index contributed by atoms with van der Waals surface area (Å²) in [6.45, 7) is 17.1. The Hall–Kier alpha value is -1.14. The summed E-state index contributed by atoms with van der Waals surface area (Å²) < 4.78 is 11.2. The van der Waals surface area contributed by atoms with E-state index in [0.29, 0.717) is 13.2 Å². The molecule has 0 unspecified atom stereocenters. The summed E-state index contributed by atoms with van der Waals surface area (Å²) in [6.07, 6.45) is 28.8. The maximum absolute atomic E-state index is 12.6. The van der Waals surface area contributed by atoms with Crippen LogP contribution in [0.4, 0.5) is 0 Å². The zero-order valence-corrected chi connectivity index (χ0v) is 32.4. The predicted molar refractivity (Wildman–Crippen MR) is 200 cm³/mol. The molecule has 0 aliphatic heterocycles. The van der Waals surface area contributed by atoms with Gasteiger partial charge in [-0.1, -0.05) is 129 Å². The summed E-state index contributed by atoms with van der Waals surface area (Å²) in [5, 5.41) is 9.38. The minimum absolute atomic E-state index is 0.0408. The van der Waals surface area contributed by atoms with Gasteiger partial charge in [-0.3, -0.25) is 9.59 Å². The van der Waals surface area contributed by atoms with Crippen LogP contribution in [0.25, 0.3) is 0 Å². The Morgan fingerprint density at radius 1 is 0.468 bits per heavy atom. The molecular weight excluding hydrogens is 586 g/mol. The third-order valence-corrected chi connectivity index (χ3v) is 9.75. The van der Waals surface area contributed by atoms with Gasteiger partial charge in [0, 0.05) is 13.2 Å². The molecule has 6 heteroatoms. The van der Waals surface area contributed by atoms with Crippen molar-refractivity contribution in [2.75, 3.05) is 39.5 Å². The van der Waals surface area contributed by atoms with Crippen molar-refractivity contribution in [2.45, 2.75) is 202 Å². The number of hydrogen-bond acceptors (Lipinski definition) is 6. The fourth-order valence-electron chi connectivity index (χ4n) is 6.18. The lowest BCUT2D eigenvalue weighted by Crippen LogP contribution is -2.28. The molecule has 0 fully saturated rings. The van der Waals surface area contributed by atoms with E-state index in [1.807, 2.05) is 27.7 Å². The second-order valence-corrected chi connectivity index (χ2v) is 15.5. The maximum atomic E-state index is 12.6. The van der Waals surface area contributed by atoms with Crippen molar-refractivity contribution in [2.24, 2.45) is 10.8 Å². The zero-order valence-electron chi connectivity index (χ0n) is 32.4. The van der Waals surface area contributed by atoms with E-state index < -0.39 is 10.8 Å². The minimum atomic E-state index is -0.406. The number of rotatable bonds is 35. The molecule has 0 amide bonds. The highest BCUT2D eigenvalue weighted by atomic mass is 16.5. The topological polar surface area (TPSA) is 76.1 Å². The van der Waals surface area contributed by atoms with Crippen molar-refractivity contribution < 1.29 is 24.2 Å². The minimum Gasteiger partial charge on any atom is -0.465 e. The molecule has 0 radical (unpaired) electrons. The molecule has 0 spiro atoms. The van der Waals surface area contributed by atoms with Crippen LogP contribution in [0.2, 0.25) is 0 Å². The molecule has 47 heavy (non-hydrogen) atoms. The van der Waals surface area contributed by atoms with Gasteiger partial charge in [-0.2, -0.15) is 0 Å². The third kappa shape index (κ3) is 27.4. The number of carbonyl (C=O) groups is 2. The van der Waals surface area contributed by atoms with Crippen LogP contribution in [0, 0.1) is 10.8 Å². The van der Waals surface area contributed by atoms with Gasteiger partial charge in [-0.25, -0.2) is 0 Å². The molecule has 1 N–H and O–H groups in total. The normalized spacial score (nSPS) is 12.2. The van der Waals surface area contributed by atoms with Gasteiger partial charge in [0.1, 0.15) is 0 Å². The van der Waals surface area contributed by atoms with E-state index >= 15 is 0 Å². The van der Waals surface area contributed by atoms with Crippen molar-refractivity contribution in [3.63, 3.8) is 0 Å². The van der Waals surface area contributed by atoms with E-state index in [1.165, 1.54) is 77.0 Å². The number of carbonyl (C=O) groups excluding carboxylic acids is 2. The number of aliphatic hydroxyl groups excluding tert-OH is 1. The van der Waals surface area contributed by atoms with Crippen molar-refractivity contribution in [1.29, 1.82) is 0 Å².